The number of anilines is 2. The van der Waals surface area contributed by atoms with Crippen LogP contribution >= 0.6 is 11.6 Å². The van der Waals surface area contributed by atoms with Gasteiger partial charge in [0.1, 0.15) is 11.4 Å². The van der Waals surface area contributed by atoms with E-state index in [1.807, 2.05) is 30.3 Å². The maximum Gasteiger partial charge on any atom is 0.332 e. The fourth-order valence-corrected chi connectivity index (χ4v) is 2.97. The van der Waals surface area contributed by atoms with Crippen molar-refractivity contribution in [3.05, 3.63) is 91.6 Å². The highest BCUT2D eigenvalue weighted by Gasteiger charge is 2.22. The Labute approximate surface area is 166 Å². The lowest BCUT2D eigenvalue weighted by atomic mass is 10.2. The highest BCUT2D eigenvalue weighted by Crippen LogP contribution is 2.22. The summed E-state index contributed by atoms with van der Waals surface area (Å²) >= 11 is 6.10. The fraction of sp³-hybridized carbons (Fsp3) is 0.150. The topological polar surface area (TPSA) is 85.1 Å². The molecule has 0 spiro atoms. The van der Waals surface area contributed by atoms with Gasteiger partial charge in [0.15, 0.2) is 0 Å². The minimum atomic E-state index is -0.691. The minimum Gasteiger partial charge on any atom is -0.366 e. The lowest BCUT2D eigenvalue weighted by molar-refractivity contribution is 0.102. The predicted molar refractivity (Wildman–Crippen MR) is 110 cm³/mol. The molecule has 0 aliphatic carbocycles. The summed E-state index contributed by atoms with van der Waals surface area (Å²) in [5.41, 5.74) is -0.0781. The van der Waals surface area contributed by atoms with Crippen molar-refractivity contribution in [1.29, 1.82) is 0 Å². The van der Waals surface area contributed by atoms with Gasteiger partial charge in [-0.15, -0.1) is 0 Å². The first-order valence-electron chi connectivity index (χ1n) is 8.54. The summed E-state index contributed by atoms with van der Waals surface area (Å²) in [7, 11) is 2.83. The SMILES string of the molecule is Cn1c(NCc2ccccc2)c(C(=O)Nc2ccccc2Cl)c(=O)n(C)c1=O. The van der Waals surface area contributed by atoms with Crippen molar-refractivity contribution in [3.8, 4) is 0 Å². The van der Waals surface area contributed by atoms with E-state index in [9.17, 15) is 14.4 Å². The molecule has 0 atom stereocenters. The molecular weight excluding hydrogens is 380 g/mol. The van der Waals surface area contributed by atoms with Crippen molar-refractivity contribution in [1.82, 2.24) is 9.13 Å². The number of aromatic nitrogens is 2. The van der Waals surface area contributed by atoms with Crippen molar-refractivity contribution >= 4 is 29.0 Å². The quantitative estimate of drug-likeness (QED) is 0.691. The number of halogens is 1. The molecule has 0 saturated carbocycles. The van der Waals surface area contributed by atoms with Crippen molar-refractivity contribution < 1.29 is 4.79 Å². The molecule has 144 valence electrons. The number of benzene rings is 2. The van der Waals surface area contributed by atoms with E-state index < -0.39 is 17.2 Å². The van der Waals surface area contributed by atoms with Gasteiger partial charge in [0.25, 0.3) is 11.5 Å². The molecule has 1 aromatic heterocycles. The summed E-state index contributed by atoms with van der Waals surface area (Å²) in [4.78, 5) is 37.9. The molecule has 1 amide bonds. The molecule has 0 aliphatic rings. The largest absolute Gasteiger partial charge is 0.366 e. The molecule has 0 radical (unpaired) electrons. The zero-order valence-electron chi connectivity index (χ0n) is 15.4. The molecule has 0 saturated heterocycles. The molecule has 3 aromatic rings. The van der Waals surface area contributed by atoms with Crippen LogP contribution in [-0.2, 0) is 20.6 Å². The number of carbonyl (C=O) groups excluding carboxylic acids is 1. The molecule has 7 nitrogen and oxygen atoms in total. The Bertz CT molecular complexity index is 1140. The minimum absolute atomic E-state index is 0.140. The van der Waals surface area contributed by atoms with E-state index in [1.54, 1.807) is 24.3 Å². The van der Waals surface area contributed by atoms with Crippen LogP contribution in [0, 0.1) is 0 Å². The molecule has 3 rings (SSSR count). The molecule has 0 bridgehead atoms. The monoisotopic (exact) mass is 398 g/mol. The number of nitrogens with zero attached hydrogens (tertiary/aromatic N) is 2. The van der Waals surface area contributed by atoms with E-state index in [-0.39, 0.29) is 11.4 Å². The summed E-state index contributed by atoms with van der Waals surface area (Å²) in [5, 5.41) is 6.03. The molecule has 2 aromatic carbocycles. The van der Waals surface area contributed by atoms with Crippen molar-refractivity contribution in [2.45, 2.75) is 6.54 Å². The highest BCUT2D eigenvalue weighted by atomic mass is 35.5. The first kappa shape index (κ1) is 19.4. The second kappa shape index (κ2) is 8.14. The van der Waals surface area contributed by atoms with Crippen LogP contribution in [0.1, 0.15) is 15.9 Å². The first-order valence-corrected chi connectivity index (χ1v) is 8.91. The number of nitrogens with one attached hydrogen (secondary N) is 2. The van der Waals surface area contributed by atoms with Gasteiger partial charge in [-0.3, -0.25) is 18.7 Å². The van der Waals surface area contributed by atoms with Gasteiger partial charge in [0, 0.05) is 20.6 Å². The Balaban J connectivity index is 2.03. The lowest BCUT2D eigenvalue weighted by Gasteiger charge is -2.17. The van der Waals surface area contributed by atoms with Crippen LogP contribution in [0.15, 0.2) is 64.2 Å². The van der Waals surface area contributed by atoms with Gasteiger partial charge >= 0.3 is 5.69 Å². The molecule has 0 unspecified atom stereocenters. The van der Waals surface area contributed by atoms with Crippen LogP contribution in [0.25, 0.3) is 0 Å². The van der Waals surface area contributed by atoms with E-state index in [0.717, 1.165) is 10.1 Å². The van der Waals surface area contributed by atoms with E-state index in [4.69, 9.17) is 11.6 Å². The Morgan fingerprint density at radius 3 is 2.29 bits per heavy atom. The van der Waals surface area contributed by atoms with Gasteiger partial charge < -0.3 is 10.6 Å². The smallest absolute Gasteiger partial charge is 0.332 e. The summed E-state index contributed by atoms with van der Waals surface area (Å²) in [6.45, 7) is 0.341. The Kier molecular flexibility index (Phi) is 5.65. The van der Waals surface area contributed by atoms with Crippen LogP contribution in [0.3, 0.4) is 0 Å². The van der Waals surface area contributed by atoms with Crippen LogP contribution in [0.2, 0.25) is 5.02 Å². The van der Waals surface area contributed by atoms with Crippen LogP contribution in [0.4, 0.5) is 11.5 Å². The average molecular weight is 399 g/mol. The van der Waals surface area contributed by atoms with Crippen molar-refractivity contribution in [2.24, 2.45) is 14.1 Å². The second-order valence-electron chi connectivity index (χ2n) is 6.20. The van der Waals surface area contributed by atoms with Crippen molar-refractivity contribution in [2.75, 3.05) is 10.6 Å². The summed E-state index contributed by atoms with van der Waals surface area (Å²) in [6.07, 6.45) is 0. The maximum absolute atomic E-state index is 12.9. The van der Waals surface area contributed by atoms with Crippen LogP contribution in [0.5, 0.6) is 0 Å². The normalized spacial score (nSPS) is 10.5. The zero-order chi connectivity index (χ0) is 20.3. The molecular formula is C20H19ClN4O3. The van der Waals surface area contributed by atoms with Gasteiger partial charge in [0.05, 0.1) is 10.7 Å². The standard InChI is InChI=1S/C20H19ClN4O3/c1-24-17(22-12-13-8-4-3-5-9-13)16(19(27)25(2)20(24)28)18(26)23-15-11-7-6-10-14(15)21/h3-11,22H,12H2,1-2H3,(H,23,26). The zero-order valence-corrected chi connectivity index (χ0v) is 16.2. The number of amides is 1. The average Bonchev–Trinajstić information content (AvgIpc) is 2.70. The fourth-order valence-electron chi connectivity index (χ4n) is 2.78. The van der Waals surface area contributed by atoms with Gasteiger partial charge in [-0.05, 0) is 17.7 Å². The predicted octanol–water partition coefficient (Wildman–Crippen LogP) is 2.60. The third kappa shape index (κ3) is 3.84. The molecule has 0 aliphatic heterocycles. The Morgan fingerprint density at radius 2 is 1.61 bits per heavy atom. The van der Waals surface area contributed by atoms with Crippen molar-refractivity contribution in [3.63, 3.8) is 0 Å². The first-order chi connectivity index (χ1) is 13.4. The van der Waals surface area contributed by atoms with E-state index >= 15 is 0 Å². The number of para-hydroxylation sites is 1. The van der Waals surface area contributed by atoms with Crippen LogP contribution in [-0.4, -0.2) is 15.0 Å². The van der Waals surface area contributed by atoms with Gasteiger partial charge in [-0.2, -0.15) is 0 Å². The molecule has 1 heterocycles. The van der Waals surface area contributed by atoms with Gasteiger partial charge in [-0.1, -0.05) is 54.1 Å². The van der Waals surface area contributed by atoms with Gasteiger partial charge in [-0.25, -0.2) is 4.79 Å². The second-order valence-corrected chi connectivity index (χ2v) is 6.61. The number of rotatable bonds is 5. The highest BCUT2D eigenvalue weighted by molar-refractivity contribution is 6.34. The molecule has 8 heteroatoms. The van der Waals surface area contributed by atoms with E-state index in [0.29, 0.717) is 17.3 Å². The third-order valence-corrected chi connectivity index (χ3v) is 4.65. The lowest BCUT2D eigenvalue weighted by Crippen LogP contribution is -2.42. The number of carbonyl (C=O) groups is 1. The Morgan fingerprint density at radius 1 is 0.964 bits per heavy atom. The third-order valence-electron chi connectivity index (χ3n) is 4.32. The van der Waals surface area contributed by atoms with E-state index in [2.05, 4.69) is 10.6 Å². The van der Waals surface area contributed by atoms with E-state index in [1.165, 1.54) is 18.7 Å². The number of hydrogen-bond donors (Lipinski definition) is 2. The summed E-state index contributed by atoms with van der Waals surface area (Å²) in [6, 6.07) is 16.2. The van der Waals surface area contributed by atoms with Crippen LogP contribution < -0.4 is 21.9 Å². The molecule has 28 heavy (non-hydrogen) atoms. The van der Waals surface area contributed by atoms with Gasteiger partial charge in [0.2, 0.25) is 0 Å². The molecule has 2 N–H and O–H groups in total. The maximum atomic E-state index is 12.9. The summed E-state index contributed by atoms with van der Waals surface area (Å²) in [5.74, 6) is -0.513. The Hall–Kier alpha value is -3.32. The molecule has 0 fully saturated rings. The number of hydrogen-bond acceptors (Lipinski definition) is 4. The summed E-state index contributed by atoms with van der Waals surface area (Å²) < 4.78 is 2.14.